The highest BCUT2D eigenvalue weighted by molar-refractivity contribution is 5.25. The normalized spacial score (nSPS) is 46.1. The van der Waals surface area contributed by atoms with Gasteiger partial charge in [-0.25, -0.2) is 0 Å². The fraction of sp³-hybridized carbons (Fsp3) is 0.897. The van der Waals surface area contributed by atoms with Gasteiger partial charge in [-0.2, -0.15) is 0 Å². The molecule has 0 bridgehead atoms. The van der Waals surface area contributed by atoms with Crippen LogP contribution in [0.25, 0.3) is 0 Å². The zero-order valence-corrected chi connectivity index (χ0v) is 29.5. The third kappa shape index (κ3) is 6.39. The Hall–Kier alpha value is -0.760. The van der Waals surface area contributed by atoms with Crippen LogP contribution < -0.4 is 0 Å². The van der Waals surface area contributed by atoms with Crippen LogP contribution in [0, 0.1) is 46.3 Å². The second-order valence-electron chi connectivity index (χ2n) is 17.2. The Bertz CT molecular complexity index is 1070. The number of hydrogen-bond donors (Lipinski definition) is 1. The predicted molar refractivity (Wildman–Crippen MR) is 177 cm³/mol. The standard InChI is InChI=1S/C39H64O6/c1-9-21-41-35-34-33(44-37(5,6)45-34)32(23-40)43-36(35)42-27-17-19-38(7)26(22-27)13-14-28-30-16-15-29(25(4)12-10-11-24(2)3)39(30,8)20-18-31(28)38/h9,13,24-25,27-36,40H,1,10-12,14-23H2,2-8H3/t25-,27+,28+,29-,30+,31+,32-,33+,34+,35-,36-,38+,39-/m1/s1. The summed E-state index contributed by atoms with van der Waals surface area (Å²) in [5.41, 5.74) is 2.39. The van der Waals surface area contributed by atoms with Crippen molar-refractivity contribution in [3.63, 3.8) is 0 Å². The lowest BCUT2D eigenvalue weighted by molar-refractivity contribution is -0.303. The van der Waals surface area contributed by atoms with Gasteiger partial charge in [-0.1, -0.05) is 71.6 Å². The number of rotatable bonds is 11. The second kappa shape index (κ2) is 13.3. The van der Waals surface area contributed by atoms with Gasteiger partial charge in [-0.3, -0.25) is 0 Å². The number of ether oxygens (including phenoxy) is 5. The van der Waals surface area contributed by atoms with E-state index in [4.69, 9.17) is 23.7 Å². The van der Waals surface area contributed by atoms with E-state index in [1.165, 1.54) is 51.4 Å². The quantitative estimate of drug-likeness (QED) is 0.233. The Morgan fingerprint density at radius 3 is 2.51 bits per heavy atom. The summed E-state index contributed by atoms with van der Waals surface area (Å²) in [6.45, 7) is 20.5. The Kier molecular flexibility index (Phi) is 10.1. The minimum absolute atomic E-state index is 0.0586. The lowest BCUT2D eigenvalue weighted by Crippen LogP contribution is -2.59. The molecule has 0 amide bonds. The van der Waals surface area contributed by atoms with E-state index in [2.05, 4.69) is 47.3 Å². The summed E-state index contributed by atoms with van der Waals surface area (Å²) in [5.74, 6) is 4.28. The molecule has 6 aliphatic rings. The summed E-state index contributed by atoms with van der Waals surface area (Å²) < 4.78 is 31.8. The van der Waals surface area contributed by atoms with Crippen molar-refractivity contribution in [3.05, 3.63) is 24.3 Å². The third-order valence-corrected chi connectivity index (χ3v) is 13.6. The first-order valence-electron chi connectivity index (χ1n) is 18.6. The molecule has 45 heavy (non-hydrogen) atoms. The van der Waals surface area contributed by atoms with Crippen LogP contribution in [0.15, 0.2) is 24.3 Å². The molecule has 13 atom stereocenters. The molecule has 6 rings (SSSR count). The average molecular weight is 629 g/mol. The monoisotopic (exact) mass is 628 g/mol. The van der Waals surface area contributed by atoms with Crippen molar-refractivity contribution in [1.29, 1.82) is 0 Å². The van der Waals surface area contributed by atoms with Crippen LogP contribution in [0.3, 0.4) is 0 Å². The second-order valence-corrected chi connectivity index (χ2v) is 17.2. The van der Waals surface area contributed by atoms with Gasteiger partial charge in [0.15, 0.2) is 12.1 Å². The molecule has 0 aromatic heterocycles. The Morgan fingerprint density at radius 2 is 1.78 bits per heavy atom. The van der Waals surface area contributed by atoms with Crippen molar-refractivity contribution in [2.45, 2.75) is 162 Å². The van der Waals surface area contributed by atoms with E-state index >= 15 is 0 Å². The van der Waals surface area contributed by atoms with E-state index < -0.39 is 30.4 Å². The molecule has 1 N–H and O–H groups in total. The van der Waals surface area contributed by atoms with Gasteiger partial charge < -0.3 is 28.8 Å². The van der Waals surface area contributed by atoms with E-state index in [1.807, 2.05) is 13.8 Å². The molecular weight excluding hydrogens is 564 g/mol. The molecule has 2 heterocycles. The van der Waals surface area contributed by atoms with Gasteiger partial charge in [0.2, 0.25) is 0 Å². The van der Waals surface area contributed by atoms with Gasteiger partial charge in [0.1, 0.15) is 24.4 Å². The maximum absolute atomic E-state index is 10.2. The molecule has 2 aliphatic heterocycles. The first-order valence-corrected chi connectivity index (χ1v) is 18.6. The smallest absolute Gasteiger partial charge is 0.187 e. The fourth-order valence-electron chi connectivity index (χ4n) is 11.4. The third-order valence-electron chi connectivity index (χ3n) is 13.6. The highest BCUT2D eigenvalue weighted by Crippen LogP contribution is 2.67. The van der Waals surface area contributed by atoms with Gasteiger partial charge in [0.25, 0.3) is 0 Å². The minimum Gasteiger partial charge on any atom is -0.394 e. The Balaban J connectivity index is 1.13. The Labute approximate surface area is 274 Å². The van der Waals surface area contributed by atoms with Crippen LogP contribution in [0.2, 0.25) is 0 Å². The van der Waals surface area contributed by atoms with Crippen molar-refractivity contribution in [3.8, 4) is 0 Å². The van der Waals surface area contributed by atoms with E-state index in [9.17, 15) is 5.11 Å². The lowest BCUT2D eigenvalue weighted by atomic mass is 9.47. The van der Waals surface area contributed by atoms with Crippen LogP contribution in [0.5, 0.6) is 0 Å². The molecule has 0 radical (unpaired) electrons. The summed E-state index contributed by atoms with van der Waals surface area (Å²) in [6, 6.07) is 0. The molecule has 6 nitrogen and oxygen atoms in total. The lowest BCUT2D eigenvalue weighted by Gasteiger charge is -2.58. The van der Waals surface area contributed by atoms with E-state index in [-0.39, 0.29) is 24.2 Å². The SMILES string of the molecule is C=CCO[C@H]1[C@H](O[C@H]2CC[C@@]3(C)C(=CC[C@H]4[C@@H]5CC[C@H]([C@H](C)CCCC(C)C)[C@@]5(C)CC[C@@H]43)C2)O[C@H](CO)[C@@H]2OC(C)(C)O[C@@H]21. The van der Waals surface area contributed by atoms with Crippen molar-refractivity contribution >= 4 is 0 Å². The van der Waals surface area contributed by atoms with Crippen molar-refractivity contribution in [1.82, 2.24) is 0 Å². The van der Waals surface area contributed by atoms with Gasteiger partial charge in [-0.15, -0.1) is 6.58 Å². The predicted octanol–water partition coefficient (Wildman–Crippen LogP) is 8.22. The number of aliphatic hydroxyl groups excluding tert-OH is 1. The molecule has 0 spiro atoms. The zero-order valence-electron chi connectivity index (χ0n) is 29.5. The van der Waals surface area contributed by atoms with Crippen molar-refractivity contribution in [2.75, 3.05) is 13.2 Å². The maximum Gasteiger partial charge on any atom is 0.187 e. The van der Waals surface area contributed by atoms with Crippen LogP contribution >= 0.6 is 0 Å². The van der Waals surface area contributed by atoms with E-state index in [1.54, 1.807) is 11.6 Å². The average Bonchev–Trinajstić information content (AvgIpc) is 3.51. The summed E-state index contributed by atoms with van der Waals surface area (Å²) in [5, 5.41) is 10.2. The highest BCUT2D eigenvalue weighted by atomic mass is 16.8. The minimum atomic E-state index is -0.770. The summed E-state index contributed by atoms with van der Waals surface area (Å²) in [7, 11) is 0. The van der Waals surface area contributed by atoms with Crippen molar-refractivity contribution in [2.24, 2.45) is 46.3 Å². The largest absolute Gasteiger partial charge is 0.394 e. The summed E-state index contributed by atoms with van der Waals surface area (Å²) in [4.78, 5) is 0. The first kappa shape index (κ1) is 34.1. The molecular formula is C39H64O6. The molecule has 2 saturated heterocycles. The fourth-order valence-corrected chi connectivity index (χ4v) is 11.4. The summed E-state index contributed by atoms with van der Waals surface area (Å²) >= 11 is 0. The molecule has 5 fully saturated rings. The number of fused-ring (bicyclic) bond motifs is 6. The van der Waals surface area contributed by atoms with E-state index in [0.29, 0.717) is 12.0 Å². The van der Waals surface area contributed by atoms with Crippen LogP contribution in [0.1, 0.15) is 119 Å². The van der Waals surface area contributed by atoms with E-state index in [0.717, 1.165) is 54.8 Å². The maximum atomic E-state index is 10.2. The topological polar surface area (TPSA) is 66.4 Å². The highest BCUT2D eigenvalue weighted by Gasteiger charge is 2.60. The number of hydrogen-bond acceptors (Lipinski definition) is 6. The number of aliphatic hydroxyl groups is 1. The first-order chi connectivity index (χ1) is 21.4. The van der Waals surface area contributed by atoms with Gasteiger partial charge in [-0.05, 0) is 112 Å². The zero-order chi connectivity index (χ0) is 32.1. The number of allylic oxidation sites excluding steroid dienone is 1. The van der Waals surface area contributed by atoms with Gasteiger partial charge in [0, 0.05) is 0 Å². The van der Waals surface area contributed by atoms with Crippen LogP contribution in [-0.4, -0.2) is 60.9 Å². The van der Waals surface area contributed by atoms with Gasteiger partial charge >= 0.3 is 0 Å². The molecule has 3 saturated carbocycles. The Morgan fingerprint density at radius 1 is 1.00 bits per heavy atom. The molecule has 0 aromatic rings. The summed E-state index contributed by atoms with van der Waals surface area (Å²) in [6.07, 6.45) is 16.3. The molecule has 0 aromatic carbocycles. The van der Waals surface area contributed by atoms with Crippen LogP contribution in [0.4, 0.5) is 0 Å². The van der Waals surface area contributed by atoms with Crippen molar-refractivity contribution < 1.29 is 28.8 Å². The van der Waals surface area contributed by atoms with Crippen LogP contribution in [-0.2, 0) is 23.7 Å². The molecule has 256 valence electrons. The van der Waals surface area contributed by atoms with Gasteiger partial charge in [0.05, 0.1) is 19.3 Å². The molecule has 0 unspecified atom stereocenters. The molecule has 4 aliphatic carbocycles. The molecule has 6 heteroatoms.